The number of carbonyl (C=O) groups is 2. The maximum atomic E-state index is 12.3. The molecular weight excluding hydrogens is 391 g/mol. The van der Waals surface area contributed by atoms with E-state index in [4.69, 9.17) is 4.74 Å². The molecule has 0 fully saturated rings. The van der Waals surface area contributed by atoms with Crippen molar-refractivity contribution in [1.29, 1.82) is 0 Å². The van der Waals surface area contributed by atoms with Gasteiger partial charge in [-0.2, -0.15) is 18.3 Å². The van der Waals surface area contributed by atoms with E-state index < -0.39 is 24.6 Å². The van der Waals surface area contributed by atoms with E-state index in [2.05, 4.69) is 15.7 Å². The lowest BCUT2D eigenvalue weighted by Crippen LogP contribution is -2.29. The Kier molecular flexibility index (Phi) is 7.21. The number of anilines is 2. The molecule has 0 unspecified atom stereocenters. The number of amides is 2. The van der Waals surface area contributed by atoms with E-state index in [1.807, 2.05) is 19.0 Å². The largest absolute Gasteiger partial charge is 0.484 e. The second kappa shape index (κ2) is 9.41. The maximum absolute atomic E-state index is 12.3. The number of nitrogens with one attached hydrogen (secondary N) is 2. The molecule has 2 rings (SSSR count). The molecule has 0 bridgehead atoms. The highest BCUT2D eigenvalue weighted by Crippen LogP contribution is 2.27. The molecule has 0 saturated heterocycles. The molecule has 2 aromatic rings. The molecule has 0 atom stereocenters. The molecule has 158 valence electrons. The number of rotatable bonds is 7. The highest BCUT2D eigenvalue weighted by molar-refractivity contribution is 6.43. The van der Waals surface area contributed by atoms with E-state index in [0.717, 1.165) is 6.54 Å². The third-order valence-electron chi connectivity index (χ3n) is 3.79. The van der Waals surface area contributed by atoms with E-state index >= 15 is 0 Å². The topological polar surface area (TPSA) is 88.5 Å². The first kappa shape index (κ1) is 22.2. The summed E-state index contributed by atoms with van der Waals surface area (Å²) in [4.78, 5) is 26.2. The van der Waals surface area contributed by atoms with Crippen LogP contribution in [0.4, 0.5) is 24.7 Å². The Hall–Kier alpha value is -3.08. The molecule has 2 amide bonds. The predicted molar refractivity (Wildman–Crippen MR) is 101 cm³/mol. The fourth-order valence-corrected chi connectivity index (χ4v) is 2.27. The molecule has 29 heavy (non-hydrogen) atoms. The minimum absolute atomic E-state index is 0.0415. The zero-order valence-corrected chi connectivity index (χ0v) is 16.2. The molecule has 0 aliphatic rings. The van der Waals surface area contributed by atoms with Crippen LogP contribution in [0.15, 0.2) is 30.5 Å². The van der Waals surface area contributed by atoms with Crippen molar-refractivity contribution in [3.63, 3.8) is 0 Å². The Labute approximate surface area is 165 Å². The molecule has 0 saturated carbocycles. The van der Waals surface area contributed by atoms with Crippen molar-refractivity contribution in [2.45, 2.75) is 19.6 Å². The molecule has 0 aliphatic heterocycles. The van der Waals surface area contributed by atoms with Crippen LogP contribution in [0, 0.1) is 6.92 Å². The first-order valence-corrected chi connectivity index (χ1v) is 8.65. The van der Waals surface area contributed by atoms with Crippen LogP contribution in [0.2, 0.25) is 0 Å². The summed E-state index contributed by atoms with van der Waals surface area (Å²) in [5.41, 5.74) is 0.437. The predicted octanol–water partition coefficient (Wildman–Crippen LogP) is 2.27. The number of likely N-dealkylation sites (N-methyl/N-ethyl adjacent to an activating group) is 1. The van der Waals surface area contributed by atoms with Crippen LogP contribution in [0.5, 0.6) is 5.75 Å². The van der Waals surface area contributed by atoms with Gasteiger partial charge >= 0.3 is 18.0 Å². The SMILES string of the molecule is Cc1c(NC(=O)C(=O)Nc2ccn(CCN(C)C)n2)cccc1OCC(F)(F)F. The molecular formula is C18H22F3N5O3. The Morgan fingerprint density at radius 3 is 2.52 bits per heavy atom. The van der Waals surface area contributed by atoms with E-state index in [1.165, 1.54) is 25.1 Å². The minimum Gasteiger partial charge on any atom is -0.484 e. The summed E-state index contributed by atoms with van der Waals surface area (Å²) in [5, 5.41) is 8.88. The number of hydrogen-bond acceptors (Lipinski definition) is 5. The Balaban J connectivity index is 1.96. The van der Waals surface area contributed by atoms with Gasteiger partial charge in [-0.25, -0.2) is 0 Å². The molecule has 0 spiro atoms. The first-order valence-electron chi connectivity index (χ1n) is 8.65. The maximum Gasteiger partial charge on any atom is 0.422 e. The molecule has 11 heteroatoms. The summed E-state index contributed by atoms with van der Waals surface area (Å²) in [6.07, 6.45) is -2.82. The van der Waals surface area contributed by atoms with Crippen LogP contribution in [0.3, 0.4) is 0 Å². The van der Waals surface area contributed by atoms with E-state index in [1.54, 1.807) is 16.9 Å². The number of halogens is 3. The normalized spacial score (nSPS) is 11.4. The average Bonchev–Trinajstić information content (AvgIpc) is 3.07. The molecule has 1 aromatic heterocycles. The summed E-state index contributed by atoms with van der Waals surface area (Å²) in [7, 11) is 3.84. The molecule has 8 nitrogen and oxygen atoms in total. The van der Waals surface area contributed by atoms with Gasteiger partial charge in [0.15, 0.2) is 12.4 Å². The fraction of sp³-hybridized carbons (Fsp3) is 0.389. The van der Waals surface area contributed by atoms with Gasteiger partial charge in [-0.05, 0) is 33.2 Å². The second-order valence-corrected chi connectivity index (χ2v) is 6.51. The van der Waals surface area contributed by atoms with E-state index in [0.29, 0.717) is 6.54 Å². The molecule has 1 heterocycles. The van der Waals surface area contributed by atoms with E-state index in [-0.39, 0.29) is 22.8 Å². The monoisotopic (exact) mass is 413 g/mol. The summed E-state index contributed by atoms with van der Waals surface area (Å²) in [5.74, 6) is -1.77. The van der Waals surface area contributed by atoms with Crippen LogP contribution in [-0.4, -0.2) is 59.9 Å². The Morgan fingerprint density at radius 2 is 1.86 bits per heavy atom. The zero-order valence-electron chi connectivity index (χ0n) is 16.2. The molecule has 2 N–H and O–H groups in total. The highest BCUT2D eigenvalue weighted by atomic mass is 19.4. The standard InChI is InChI=1S/C18H22F3N5O3/c1-12-13(5-4-6-14(12)29-11-18(19,20)21)22-16(27)17(28)23-15-7-8-26(24-15)10-9-25(2)3/h4-8H,9-11H2,1-3H3,(H,22,27)(H,23,24,28). The van der Waals surface area contributed by atoms with Crippen LogP contribution >= 0.6 is 0 Å². The lowest BCUT2D eigenvalue weighted by molar-refractivity contribution is -0.153. The number of hydrogen-bond donors (Lipinski definition) is 2. The van der Waals surface area contributed by atoms with Crippen molar-refractivity contribution in [2.24, 2.45) is 0 Å². The average molecular weight is 413 g/mol. The van der Waals surface area contributed by atoms with Crippen molar-refractivity contribution >= 4 is 23.3 Å². The fourth-order valence-electron chi connectivity index (χ4n) is 2.27. The van der Waals surface area contributed by atoms with Gasteiger partial charge in [0.25, 0.3) is 0 Å². The number of nitrogens with zero attached hydrogens (tertiary/aromatic N) is 3. The van der Waals surface area contributed by atoms with Gasteiger partial charge in [0, 0.05) is 30.1 Å². The number of alkyl halides is 3. The molecule has 1 aromatic carbocycles. The van der Waals surface area contributed by atoms with Gasteiger partial charge in [0.2, 0.25) is 0 Å². The second-order valence-electron chi connectivity index (χ2n) is 6.51. The quantitative estimate of drug-likeness (QED) is 0.680. The first-order chi connectivity index (χ1) is 13.5. The molecule has 0 radical (unpaired) electrons. The van der Waals surface area contributed by atoms with Crippen LogP contribution in [0.25, 0.3) is 0 Å². The molecule has 0 aliphatic carbocycles. The van der Waals surface area contributed by atoms with Crippen LogP contribution < -0.4 is 15.4 Å². The van der Waals surface area contributed by atoms with Crippen LogP contribution in [-0.2, 0) is 16.1 Å². The number of aromatic nitrogens is 2. The van der Waals surface area contributed by atoms with Gasteiger partial charge in [-0.1, -0.05) is 6.07 Å². The minimum atomic E-state index is -4.48. The van der Waals surface area contributed by atoms with Gasteiger partial charge in [-0.3, -0.25) is 14.3 Å². The van der Waals surface area contributed by atoms with Gasteiger partial charge in [-0.15, -0.1) is 0 Å². The van der Waals surface area contributed by atoms with Crippen LogP contribution in [0.1, 0.15) is 5.56 Å². The third-order valence-corrected chi connectivity index (χ3v) is 3.79. The van der Waals surface area contributed by atoms with Crippen molar-refractivity contribution in [1.82, 2.24) is 14.7 Å². The summed E-state index contributed by atoms with van der Waals surface area (Å²) >= 11 is 0. The smallest absolute Gasteiger partial charge is 0.422 e. The zero-order chi connectivity index (χ0) is 21.6. The number of benzene rings is 1. The van der Waals surface area contributed by atoms with Crippen molar-refractivity contribution in [2.75, 3.05) is 37.9 Å². The summed E-state index contributed by atoms with van der Waals surface area (Å²) in [6, 6.07) is 5.77. The summed E-state index contributed by atoms with van der Waals surface area (Å²) in [6.45, 7) is 1.38. The van der Waals surface area contributed by atoms with Gasteiger partial charge in [0.1, 0.15) is 5.75 Å². The van der Waals surface area contributed by atoms with Gasteiger partial charge in [0.05, 0.1) is 6.54 Å². The number of carbonyl (C=O) groups excluding carboxylic acids is 2. The van der Waals surface area contributed by atoms with Gasteiger partial charge < -0.3 is 20.3 Å². The van der Waals surface area contributed by atoms with Crippen molar-refractivity contribution in [3.8, 4) is 5.75 Å². The van der Waals surface area contributed by atoms with Crippen molar-refractivity contribution < 1.29 is 27.5 Å². The lowest BCUT2D eigenvalue weighted by atomic mass is 10.2. The lowest BCUT2D eigenvalue weighted by Gasteiger charge is -2.14. The third kappa shape index (κ3) is 7.11. The number of ether oxygens (including phenoxy) is 1. The van der Waals surface area contributed by atoms with Crippen molar-refractivity contribution in [3.05, 3.63) is 36.0 Å². The highest BCUT2D eigenvalue weighted by Gasteiger charge is 2.29. The summed E-state index contributed by atoms with van der Waals surface area (Å²) < 4.78 is 43.3. The van der Waals surface area contributed by atoms with E-state index in [9.17, 15) is 22.8 Å². The Morgan fingerprint density at radius 1 is 1.17 bits per heavy atom. The Bertz CT molecular complexity index is 865.